The smallest absolute Gasteiger partial charge is 0.254 e. The molecule has 8 heteroatoms. The molecule has 0 saturated carbocycles. The first kappa shape index (κ1) is 21.2. The first-order valence-corrected chi connectivity index (χ1v) is 10.2. The van der Waals surface area contributed by atoms with Gasteiger partial charge in [0.15, 0.2) is 11.5 Å². The molecule has 2 aromatic rings. The lowest BCUT2D eigenvalue weighted by Crippen LogP contribution is -2.33. The lowest BCUT2D eigenvalue weighted by molar-refractivity contribution is 0.0765. The molecule has 2 aromatic carbocycles. The highest BCUT2D eigenvalue weighted by Crippen LogP contribution is 2.39. The zero-order valence-corrected chi connectivity index (χ0v) is 17.4. The second-order valence-corrected chi connectivity index (χ2v) is 7.83. The second-order valence-electron chi connectivity index (χ2n) is 6.52. The van der Waals surface area contributed by atoms with E-state index in [1.807, 2.05) is 0 Å². The van der Waals surface area contributed by atoms with Crippen molar-refractivity contribution in [2.45, 2.75) is 11.7 Å². The number of methoxy groups -OCH3 is 3. The SMILES string of the molecule is COc1cc(C(=O)N2CCSC(c3cc(F)ccc3F)CC2)cc(OC)c1OC. The van der Waals surface area contributed by atoms with E-state index >= 15 is 0 Å². The predicted molar refractivity (Wildman–Crippen MR) is 108 cm³/mol. The zero-order chi connectivity index (χ0) is 21.0. The Morgan fingerprint density at radius 2 is 1.72 bits per heavy atom. The van der Waals surface area contributed by atoms with Crippen molar-refractivity contribution < 1.29 is 27.8 Å². The highest BCUT2D eigenvalue weighted by Gasteiger charge is 2.26. The summed E-state index contributed by atoms with van der Waals surface area (Å²) in [5.41, 5.74) is 0.761. The summed E-state index contributed by atoms with van der Waals surface area (Å²) in [6, 6.07) is 6.73. The molecule has 0 aromatic heterocycles. The fraction of sp³-hybridized carbons (Fsp3) is 0.381. The highest BCUT2D eigenvalue weighted by atomic mass is 32.2. The molecule has 0 N–H and O–H groups in total. The Kier molecular flexibility index (Phi) is 6.84. The van der Waals surface area contributed by atoms with Gasteiger partial charge in [-0.3, -0.25) is 4.79 Å². The minimum absolute atomic E-state index is 0.176. The van der Waals surface area contributed by atoms with Gasteiger partial charge >= 0.3 is 0 Å². The third-order valence-corrected chi connectivity index (χ3v) is 6.16. The van der Waals surface area contributed by atoms with Crippen LogP contribution in [-0.4, -0.2) is 51.0 Å². The van der Waals surface area contributed by atoms with Crippen molar-refractivity contribution in [3.8, 4) is 17.2 Å². The van der Waals surface area contributed by atoms with Gasteiger partial charge in [0, 0.05) is 35.2 Å². The fourth-order valence-electron chi connectivity index (χ4n) is 3.37. The number of hydrogen-bond acceptors (Lipinski definition) is 5. The van der Waals surface area contributed by atoms with Crippen molar-refractivity contribution in [3.05, 3.63) is 53.1 Å². The quantitative estimate of drug-likeness (QED) is 0.717. The van der Waals surface area contributed by atoms with Gasteiger partial charge in [-0.2, -0.15) is 11.8 Å². The van der Waals surface area contributed by atoms with Crippen molar-refractivity contribution in [3.63, 3.8) is 0 Å². The normalized spacial score (nSPS) is 16.9. The maximum Gasteiger partial charge on any atom is 0.254 e. The summed E-state index contributed by atoms with van der Waals surface area (Å²) >= 11 is 1.53. The molecule has 1 aliphatic rings. The molecule has 1 atom stereocenters. The summed E-state index contributed by atoms with van der Waals surface area (Å²) in [5.74, 6) is 0.782. The van der Waals surface area contributed by atoms with E-state index in [2.05, 4.69) is 0 Å². The summed E-state index contributed by atoms with van der Waals surface area (Å²) in [5, 5.41) is -0.205. The number of rotatable bonds is 5. The van der Waals surface area contributed by atoms with Crippen LogP contribution in [0.25, 0.3) is 0 Å². The maximum absolute atomic E-state index is 14.1. The van der Waals surface area contributed by atoms with Crippen molar-refractivity contribution in [2.75, 3.05) is 40.2 Å². The van der Waals surface area contributed by atoms with Crippen LogP contribution in [0, 0.1) is 11.6 Å². The van der Waals surface area contributed by atoms with Crippen molar-refractivity contribution >= 4 is 17.7 Å². The van der Waals surface area contributed by atoms with Crippen molar-refractivity contribution in [2.24, 2.45) is 0 Å². The lowest BCUT2D eigenvalue weighted by Gasteiger charge is -2.22. The van der Waals surface area contributed by atoms with Crippen LogP contribution in [0.3, 0.4) is 0 Å². The summed E-state index contributed by atoms with van der Waals surface area (Å²) in [6.07, 6.45) is 0.529. The van der Waals surface area contributed by atoms with Gasteiger partial charge in [-0.15, -0.1) is 0 Å². The lowest BCUT2D eigenvalue weighted by atomic mass is 10.1. The number of thioether (sulfide) groups is 1. The number of amides is 1. The molecule has 156 valence electrons. The van der Waals surface area contributed by atoms with Crippen LogP contribution in [0.2, 0.25) is 0 Å². The van der Waals surface area contributed by atoms with Crippen LogP contribution in [-0.2, 0) is 0 Å². The van der Waals surface area contributed by atoms with E-state index < -0.39 is 11.6 Å². The van der Waals surface area contributed by atoms with Gasteiger partial charge in [0.2, 0.25) is 5.75 Å². The molecule has 29 heavy (non-hydrogen) atoms. The first-order valence-electron chi connectivity index (χ1n) is 9.14. The van der Waals surface area contributed by atoms with E-state index in [-0.39, 0.29) is 11.2 Å². The van der Waals surface area contributed by atoms with Crippen LogP contribution < -0.4 is 14.2 Å². The Morgan fingerprint density at radius 3 is 2.34 bits per heavy atom. The molecule has 1 amide bonds. The molecule has 0 bridgehead atoms. The molecule has 1 unspecified atom stereocenters. The molecule has 1 heterocycles. The predicted octanol–water partition coefficient (Wildman–Crippen LogP) is 4.31. The minimum atomic E-state index is -0.461. The zero-order valence-electron chi connectivity index (χ0n) is 16.5. The van der Waals surface area contributed by atoms with Gasteiger partial charge in [0.05, 0.1) is 21.3 Å². The van der Waals surface area contributed by atoms with Gasteiger partial charge in [0.25, 0.3) is 5.91 Å². The Labute approximate surface area is 172 Å². The summed E-state index contributed by atoms with van der Waals surface area (Å²) in [7, 11) is 4.48. The van der Waals surface area contributed by atoms with E-state index in [9.17, 15) is 13.6 Å². The standard InChI is InChI=1S/C21H23F2NO4S/c1-26-17-10-13(11-18(27-2)20(17)28-3)21(25)24-7-6-19(29-9-8-24)15-12-14(22)4-5-16(15)23/h4-5,10-12,19H,6-9H2,1-3H3. The monoisotopic (exact) mass is 423 g/mol. The Morgan fingerprint density at radius 1 is 1.03 bits per heavy atom. The summed E-state index contributed by atoms with van der Waals surface area (Å²) in [6.45, 7) is 0.941. The molecule has 1 aliphatic heterocycles. The van der Waals surface area contributed by atoms with Crippen molar-refractivity contribution in [1.29, 1.82) is 0 Å². The maximum atomic E-state index is 14.1. The number of benzene rings is 2. The van der Waals surface area contributed by atoms with Crippen LogP contribution in [0.15, 0.2) is 30.3 Å². The van der Waals surface area contributed by atoms with E-state index in [0.29, 0.717) is 53.6 Å². The topological polar surface area (TPSA) is 48.0 Å². The van der Waals surface area contributed by atoms with Gasteiger partial charge in [-0.25, -0.2) is 8.78 Å². The van der Waals surface area contributed by atoms with Crippen LogP contribution in [0.4, 0.5) is 8.78 Å². The van der Waals surface area contributed by atoms with Gasteiger partial charge in [0.1, 0.15) is 11.6 Å². The second kappa shape index (κ2) is 9.35. The van der Waals surface area contributed by atoms with Crippen molar-refractivity contribution in [1.82, 2.24) is 4.90 Å². The fourth-order valence-corrected chi connectivity index (χ4v) is 4.61. The molecule has 1 fully saturated rings. The van der Waals surface area contributed by atoms with E-state index in [0.717, 1.165) is 12.1 Å². The number of ether oxygens (including phenoxy) is 3. The third kappa shape index (κ3) is 4.58. The average molecular weight is 423 g/mol. The van der Waals surface area contributed by atoms with E-state index in [1.54, 1.807) is 17.0 Å². The number of carbonyl (C=O) groups is 1. The van der Waals surface area contributed by atoms with E-state index in [4.69, 9.17) is 14.2 Å². The highest BCUT2D eigenvalue weighted by molar-refractivity contribution is 7.99. The molecule has 3 rings (SSSR count). The molecule has 5 nitrogen and oxygen atoms in total. The Hall–Kier alpha value is -2.48. The summed E-state index contributed by atoms with van der Waals surface area (Å²) < 4.78 is 43.7. The third-order valence-electron chi connectivity index (χ3n) is 4.85. The van der Waals surface area contributed by atoms with Crippen LogP contribution >= 0.6 is 11.8 Å². The number of hydrogen-bond donors (Lipinski definition) is 0. The minimum Gasteiger partial charge on any atom is -0.493 e. The van der Waals surface area contributed by atoms with Gasteiger partial charge < -0.3 is 19.1 Å². The van der Waals surface area contributed by atoms with Crippen LogP contribution in [0.1, 0.15) is 27.6 Å². The molecule has 0 radical (unpaired) electrons. The largest absolute Gasteiger partial charge is 0.493 e. The number of halogens is 2. The van der Waals surface area contributed by atoms with Gasteiger partial charge in [-0.05, 0) is 36.8 Å². The Bertz CT molecular complexity index is 868. The molecule has 0 aliphatic carbocycles. The number of carbonyl (C=O) groups excluding carboxylic acids is 1. The summed E-state index contributed by atoms with van der Waals surface area (Å²) in [4.78, 5) is 14.8. The molecular formula is C21H23F2NO4S. The molecule has 0 spiro atoms. The average Bonchev–Trinajstić information content (AvgIpc) is 2.99. The Balaban J connectivity index is 1.80. The van der Waals surface area contributed by atoms with E-state index in [1.165, 1.54) is 39.2 Å². The molecular weight excluding hydrogens is 400 g/mol. The first-order chi connectivity index (χ1) is 14.0. The number of nitrogens with zero attached hydrogens (tertiary/aromatic N) is 1. The van der Waals surface area contributed by atoms with Gasteiger partial charge in [-0.1, -0.05) is 0 Å². The molecule has 1 saturated heterocycles. The van der Waals surface area contributed by atoms with Crippen LogP contribution in [0.5, 0.6) is 17.2 Å².